The molecule has 0 spiro atoms. The third-order valence-corrected chi connectivity index (χ3v) is 3.51. The Bertz CT molecular complexity index is 503. The van der Waals surface area contributed by atoms with Crippen molar-refractivity contribution in [3.63, 3.8) is 0 Å². The maximum absolute atomic E-state index is 12.2. The molecule has 8 N–H and O–H groups in total. The second-order valence-corrected chi connectivity index (χ2v) is 5.69. The molecule has 0 aliphatic carbocycles. The number of nitrogens with one attached hydrogen (secondary N) is 3. The zero-order chi connectivity index (χ0) is 19.7. The summed E-state index contributed by atoms with van der Waals surface area (Å²) < 4.78 is 0. The molecule has 0 radical (unpaired) electrons. The van der Waals surface area contributed by atoms with Crippen molar-refractivity contribution in [2.24, 2.45) is 5.73 Å². The highest BCUT2D eigenvalue weighted by Gasteiger charge is 2.31. The Morgan fingerprint density at radius 3 is 2.00 bits per heavy atom. The number of hydrogen-bond donors (Lipinski definition) is 8. The number of aliphatic hydroxyl groups is 2. The van der Waals surface area contributed by atoms with E-state index in [0.717, 1.165) is 0 Å². The van der Waals surface area contributed by atoms with Gasteiger partial charge in [0.15, 0.2) is 0 Å². The van der Waals surface area contributed by atoms with Crippen LogP contribution in [0.25, 0.3) is 0 Å². The molecular weight excluding hydrogens is 356 g/mol. The molecule has 0 aliphatic rings. The quantitative estimate of drug-likeness (QED) is 0.177. The Kier molecular flexibility index (Phi) is 10.0. The SMILES string of the molecule is CC(NC(=O)C(NC(=O)C(CS)NC(=O)C(N)CO)C(C)O)C(=O)O. The third kappa shape index (κ3) is 7.69. The topological polar surface area (TPSA) is 191 Å². The molecule has 144 valence electrons. The maximum atomic E-state index is 12.2. The van der Waals surface area contributed by atoms with Gasteiger partial charge in [-0.1, -0.05) is 0 Å². The number of amides is 3. The molecule has 0 saturated heterocycles. The molecule has 0 fully saturated rings. The number of aliphatic hydroxyl groups excluding tert-OH is 2. The largest absolute Gasteiger partial charge is 0.480 e. The van der Waals surface area contributed by atoms with E-state index in [0.29, 0.717) is 0 Å². The molecule has 0 heterocycles. The Balaban J connectivity index is 4.99. The van der Waals surface area contributed by atoms with Crippen LogP contribution in [0.15, 0.2) is 0 Å². The minimum absolute atomic E-state index is 0.143. The lowest BCUT2D eigenvalue weighted by Gasteiger charge is -2.25. The molecule has 0 saturated carbocycles. The van der Waals surface area contributed by atoms with Gasteiger partial charge in [-0.3, -0.25) is 19.2 Å². The van der Waals surface area contributed by atoms with Crippen molar-refractivity contribution in [1.82, 2.24) is 16.0 Å². The van der Waals surface area contributed by atoms with Gasteiger partial charge in [-0.15, -0.1) is 0 Å². The molecule has 0 aromatic rings. The number of thiol groups is 1. The van der Waals surface area contributed by atoms with Gasteiger partial charge in [0.25, 0.3) is 0 Å². The van der Waals surface area contributed by atoms with Gasteiger partial charge in [-0.2, -0.15) is 12.6 Å². The van der Waals surface area contributed by atoms with Crippen LogP contribution in [0, 0.1) is 0 Å². The van der Waals surface area contributed by atoms with Crippen LogP contribution < -0.4 is 21.7 Å². The van der Waals surface area contributed by atoms with E-state index in [9.17, 15) is 24.3 Å². The van der Waals surface area contributed by atoms with Crippen LogP contribution in [0.4, 0.5) is 0 Å². The van der Waals surface area contributed by atoms with Crippen molar-refractivity contribution in [1.29, 1.82) is 0 Å². The Hall–Kier alpha value is -1.89. The van der Waals surface area contributed by atoms with Gasteiger partial charge in [-0.25, -0.2) is 0 Å². The molecule has 0 bridgehead atoms. The smallest absolute Gasteiger partial charge is 0.325 e. The van der Waals surface area contributed by atoms with E-state index >= 15 is 0 Å². The zero-order valence-electron chi connectivity index (χ0n) is 13.8. The minimum Gasteiger partial charge on any atom is -0.480 e. The van der Waals surface area contributed by atoms with Crippen LogP contribution in [0.3, 0.4) is 0 Å². The van der Waals surface area contributed by atoms with Crippen LogP contribution in [-0.4, -0.2) is 81.6 Å². The average molecular weight is 380 g/mol. The van der Waals surface area contributed by atoms with E-state index in [2.05, 4.69) is 28.6 Å². The van der Waals surface area contributed by atoms with Gasteiger partial charge < -0.3 is 37.0 Å². The highest BCUT2D eigenvalue weighted by molar-refractivity contribution is 7.80. The molecule has 0 aliphatic heterocycles. The van der Waals surface area contributed by atoms with E-state index in [4.69, 9.17) is 15.9 Å². The van der Waals surface area contributed by atoms with Crippen molar-refractivity contribution < 1.29 is 34.5 Å². The maximum Gasteiger partial charge on any atom is 0.325 e. The highest BCUT2D eigenvalue weighted by Crippen LogP contribution is 1.98. The van der Waals surface area contributed by atoms with Crippen molar-refractivity contribution in [3.8, 4) is 0 Å². The number of aliphatic carboxylic acids is 1. The molecule has 0 aromatic heterocycles. The van der Waals surface area contributed by atoms with Gasteiger partial charge in [0.05, 0.1) is 12.7 Å². The zero-order valence-corrected chi connectivity index (χ0v) is 14.7. The number of carboxylic acids is 1. The molecule has 3 amide bonds. The summed E-state index contributed by atoms with van der Waals surface area (Å²) in [5, 5.41) is 33.8. The molecule has 0 aromatic carbocycles. The summed E-state index contributed by atoms with van der Waals surface area (Å²) in [5.41, 5.74) is 5.32. The van der Waals surface area contributed by atoms with Crippen LogP contribution in [0.2, 0.25) is 0 Å². The first kappa shape index (κ1) is 23.1. The first-order valence-electron chi connectivity index (χ1n) is 7.34. The second-order valence-electron chi connectivity index (χ2n) is 5.33. The number of carbonyl (C=O) groups excluding carboxylic acids is 3. The first-order valence-corrected chi connectivity index (χ1v) is 7.97. The summed E-state index contributed by atoms with van der Waals surface area (Å²) in [6.07, 6.45) is -1.33. The normalized spacial score (nSPS) is 16.7. The number of carboxylic acid groups (broad SMARTS) is 1. The summed E-state index contributed by atoms with van der Waals surface area (Å²) in [5.74, 6) is -3.97. The Labute approximate surface area is 149 Å². The van der Waals surface area contributed by atoms with Crippen molar-refractivity contribution >= 4 is 36.3 Å². The minimum atomic E-state index is -1.44. The van der Waals surface area contributed by atoms with Gasteiger partial charge in [0, 0.05) is 5.75 Å². The van der Waals surface area contributed by atoms with Crippen LogP contribution >= 0.6 is 12.6 Å². The molecule has 0 rings (SSSR count). The molecule has 25 heavy (non-hydrogen) atoms. The van der Waals surface area contributed by atoms with Crippen molar-refractivity contribution in [2.75, 3.05) is 12.4 Å². The van der Waals surface area contributed by atoms with Gasteiger partial charge in [0.2, 0.25) is 17.7 Å². The van der Waals surface area contributed by atoms with Gasteiger partial charge in [0.1, 0.15) is 24.2 Å². The van der Waals surface area contributed by atoms with Gasteiger partial charge >= 0.3 is 5.97 Å². The summed E-state index contributed by atoms with van der Waals surface area (Å²) in [6.45, 7) is 1.82. The molecule has 11 nitrogen and oxygen atoms in total. The fraction of sp³-hybridized carbons (Fsp3) is 0.692. The number of carbonyl (C=O) groups is 4. The second kappa shape index (κ2) is 10.9. The Morgan fingerprint density at radius 2 is 1.60 bits per heavy atom. The number of hydrogen-bond acceptors (Lipinski definition) is 8. The highest BCUT2D eigenvalue weighted by atomic mass is 32.1. The fourth-order valence-corrected chi connectivity index (χ4v) is 1.84. The molecule has 5 unspecified atom stereocenters. The fourth-order valence-electron chi connectivity index (χ4n) is 1.58. The molecule has 12 heteroatoms. The lowest BCUT2D eigenvalue weighted by Crippen LogP contribution is -2.60. The van der Waals surface area contributed by atoms with E-state index < -0.39 is 60.6 Å². The van der Waals surface area contributed by atoms with E-state index in [1.54, 1.807) is 0 Å². The summed E-state index contributed by atoms with van der Waals surface area (Å²) in [4.78, 5) is 46.6. The van der Waals surface area contributed by atoms with Crippen molar-refractivity contribution in [3.05, 3.63) is 0 Å². The van der Waals surface area contributed by atoms with Crippen LogP contribution in [0.5, 0.6) is 0 Å². The Morgan fingerprint density at radius 1 is 1.04 bits per heavy atom. The van der Waals surface area contributed by atoms with Crippen LogP contribution in [-0.2, 0) is 19.2 Å². The first-order chi connectivity index (χ1) is 11.5. The standard InChI is InChI=1S/C13H24N4O7S/c1-5(13(23)24)15-12(22)9(6(2)19)17-11(21)8(4-25)16-10(20)7(14)3-18/h5-9,18-19,25H,3-4,14H2,1-2H3,(H,15,22)(H,16,20)(H,17,21)(H,23,24). The summed E-state index contributed by atoms with van der Waals surface area (Å²) in [7, 11) is 0. The van der Waals surface area contributed by atoms with E-state index in [-0.39, 0.29) is 5.75 Å². The average Bonchev–Trinajstić information content (AvgIpc) is 2.55. The lowest BCUT2D eigenvalue weighted by atomic mass is 10.1. The molecule has 5 atom stereocenters. The number of nitrogens with two attached hydrogens (primary N) is 1. The summed E-state index contributed by atoms with van der Waals surface area (Å²) in [6, 6.07) is -5.09. The van der Waals surface area contributed by atoms with Crippen LogP contribution in [0.1, 0.15) is 13.8 Å². The third-order valence-electron chi connectivity index (χ3n) is 3.14. The van der Waals surface area contributed by atoms with E-state index in [1.165, 1.54) is 13.8 Å². The van der Waals surface area contributed by atoms with E-state index in [1.807, 2.05) is 0 Å². The lowest BCUT2D eigenvalue weighted by molar-refractivity contribution is -0.142. The monoisotopic (exact) mass is 380 g/mol. The number of rotatable bonds is 10. The van der Waals surface area contributed by atoms with Gasteiger partial charge in [-0.05, 0) is 13.8 Å². The van der Waals surface area contributed by atoms with Crippen molar-refractivity contribution in [2.45, 2.75) is 44.1 Å². The molecular formula is C13H24N4O7S. The predicted molar refractivity (Wildman–Crippen MR) is 89.7 cm³/mol. The summed E-state index contributed by atoms with van der Waals surface area (Å²) >= 11 is 3.92. The predicted octanol–water partition coefficient (Wildman–Crippen LogP) is -3.82.